The van der Waals surface area contributed by atoms with E-state index in [0.29, 0.717) is 0 Å². The number of aliphatic imine (C=N–C) groups is 2. The summed E-state index contributed by atoms with van der Waals surface area (Å²) in [5.74, 6) is 1.52. The Bertz CT molecular complexity index is 2490. The third-order valence-electron chi connectivity index (χ3n) is 8.92. The Hall–Kier alpha value is -6.26. The van der Waals surface area contributed by atoms with Crippen molar-refractivity contribution >= 4 is 44.4 Å². The zero-order chi connectivity index (χ0) is 31.2. The lowest BCUT2D eigenvalue weighted by Crippen LogP contribution is -2.33. The van der Waals surface area contributed by atoms with Gasteiger partial charge in [0.15, 0.2) is 5.84 Å². The van der Waals surface area contributed by atoms with E-state index in [0.717, 1.165) is 77.9 Å². The molecule has 7 aromatic carbocycles. The maximum absolute atomic E-state index is 6.37. The van der Waals surface area contributed by atoms with Gasteiger partial charge in [0.2, 0.25) is 0 Å². The number of nitrogens with zero attached hydrogens (tertiary/aromatic N) is 2. The van der Waals surface area contributed by atoms with Crippen LogP contribution in [-0.2, 0) is 0 Å². The van der Waals surface area contributed by atoms with E-state index >= 15 is 0 Å². The van der Waals surface area contributed by atoms with Crippen LogP contribution in [0.25, 0.3) is 55.0 Å². The van der Waals surface area contributed by atoms with Crippen LogP contribution < -0.4 is 5.32 Å². The summed E-state index contributed by atoms with van der Waals surface area (Å²) in [4.78, 5) is 10.00. The zero-order valence-electron chi connectivity index (χ0n) is 25.5. The summed E-state index contributed by atoms with van der Waals surface area (Å²) in [5.41, 5.74) is 9.50. The number of rotatable bonds is 5. The molecule has 0 radical (unpaired) electrons. The Morgan fingerprint density at radius 2 is 1.11 bits per heavy atom. The molecule has 8 aromatic rings. The minimum atomic E-state index is -0.238. The van der Waals surface area contributed by atoms with E-state index in [2.05, 4.69) is 133 Å². The molecule has 1 unspecified atom stereocenters. The van der Waals surface area contributed by atoms with Crippen molar-refractivity contribution in [2.75, 3.05) is 0 Å². The van der Waals surface area contributed by atoms with E-state index in [1.807, 2.05) is 36.4 Å². The van der Waals surface area contributed by atoms with Gasteiger partial charge < -0.3 is 9.73 Å². The molecule has 0 amide bonds. The monoisotopic (exact) mass is 603 g/mol. The van der Waals surface area contributed by atoms with E-state index < -0.39 is 0 Å². The quantitative estimate of drug-likeness (QED) is 0.213. The molecule has 1 aromatic heterocycles. The molecule has 47 heavy (non-hydrogen) atoms. The maximum Gasteiger partial charge on any atom is 0.159 e. The van der Waals surface area contributed by atoms with E-state index in [1.165, 1.54) is 5.39 Å². The molecule has 1 atom stereocenters. The summed E-state index contributed by atoms with van der Waals surface area (Å²) < 4.78 is 6.37. The second-order valence-electron chi connectivity index (χ2n) is 11.9. The molecule has 4 heteroatoms. The van der Waals surface area contributed by atoms with Gasteiger partial charge in [0, 0.05) is 27.3 Å². The van der Waals surface area contributed by atoms with Crippen molar-refractivity contribution in [3.63, 3.8) is 0 Å². The number of hydrogen-bond donors (Lipinski definition) is 1. The van der Waals surface area contributed by atoms with Crippen LogP contribution in [0.5, 0.6) is 0 Å². The van der Waals surface area contributed by atoms with Gasteiger partial charge in [0.05, 0.1) is 0 Å². The number of furan rings is 1. The molecule has 0 saturated heterocycles. The fraction of sp³-hybridized carbons (Fsp3) is 0.0233. The Balaban J connectivity index is 1.08. The largest absolute Gasteiger partial charge is 0.455 e. The SMILES string of the molecule is c1ccc(C2=NC(c3ccccc3)NC(c3cccc(-c4cccc(-c5ccc6oc7c8ccccc8ccc7c6c5)c4)c3)=N2)cc1. The molecule has 0 fully saturated rings. The van der Waals surface area contributed by atoms with Crippen molar-refractivity contribution < 1.29 is 4.42 Å². The lowest BCUT2D eigenvalue weighted by atomic mass is 9.96. The number of benzene rings is 7. The molecule has 2 heterocycles. The van der Waals surface area contributed by atoms with E-state index in [1.54, 1.807) is 0 Å². The summed E-state index contributed by atoms with van der Waals surface area (Å²) in [5, 5.41) is 8.18. The fourth-order valence-electron chi connectivity index (χ4n) is 6.53. The van der Waals surface area contributed by atoms with E-state index in [9.17, 15) is 0 Å². The molecule has 1 N–H and O–H groups in total. The van der Waals surface area contributed by atoms with Crippen LogP contribution in [0.3, 0.4) is 0 Å². The van der Waals surface area contributed by atoms with Crippen LogP contribution in [-0.4, -0.2) is 11.7 Å². The Labute approximate surface area is 272 Å². The minimum absolute atomic E-state index is 0.238. The van der Waals surface area contributed by atoms with Gasteiger partial charge in [-0.15, -0.1) is 0 Å². The van der Waals surface area contributed by atoms with Crippen LogP contribution in [0, 0.1) is 0 Å². The van der Waals surface area contributed by atoms with Gasteiger partial charge >= 0.3 is 0 Å². The molecule has 0 saturated carbocycles. The molecule has 0 bridgehead atoms. The second kappa shape index (κ2) is 11.3. The summed E-state index contributed by atoms with van der Waals surface area (Å²) in [6.07, 6.45) is -0.238. The van der Waals surface area contributed by atoms with Crippen molar-refractivity contribution in [3.8, 4) is 22.3 Å². The molecule has 0 aliphatic carbocycles. The van der Waals surface area contributed by atoms with Crippen LogP contribution in [0.1, 0.15) is 22.9 Å². The summed E-state index contributed by atoms with van der Waals surface area (Å²) >= 11 is 0. The zero-order valence-corrected chi connectivity index (χ0v) is 25.5. The first-order valence-electron chi connectivity index (χ1n) is 15.9. The first kappa shape index (κ1) is 27.1. The number of amidine groups is 2. The Morgan fingerprint density at radius 1 is 0.468 bits per heavy atom. The molecule has 1 aliphatic heterocycles. The minimum Gasteiger partial charge on any atom is -0.455 e. The van der Waals surface area contributed by atoms with Gasteiger partial charge in [-0.25, -0.2) is 9.98 Å². The van der Waals surface area contributed by atoms with Crippen molar-refractivity contribution in [2.45, 2.75) is 6.17 Å². The number of fused-ring (bicyclic) bond motifs is 5. The lowest BCUT2D eigenvalue weighted by molar-refractivity contribution is 0.672. The molecule has 1 aliphatic rings. The van der Waals surface area contributed by atoms with Crippen LogP contribution in [0.15, 0.2) is 178 Å². The standard InChI is InChI=1S/C43H29N3O/c1-3-12-29(13-4-1)41-44-42(30-14-5-2-6-15-30)46-43(45-41)35-19-10-18-33(26-35)31-16-9-17-32(25-31)34-22-24-39-38(27-34)37-23-21-28-11-7-8-20-36(28)40(37)47-39/h1-27,41H,(H,44,45,46). The molecule has 0 spiro atoms. The molecule has 9 rings (SSSR count). The summed E-state index contributed by atoms with van der Waals surface area (Å²) in [6, 6.07) is 57.0. The number of hydrogen-bond acceptors (Lipinski definition) is 4. The van der Waals surface area contributed by atoms with Crippen molar-refractivity contribution in [1.82, 2.24) is 5.32 Å². The fourth-order valence-corrected chi connectivity index (χ4v) is 6.53. The smallest absolute Gasteiger partial charge is 0.159 e. The third kappa shape index (κ3) is 4.97. The first-order valence-corrected chi connectivity index (χ1v) is 15.9. The highest BCUT2D eigenvalue weighted by Crippen LogP contribution is 2.37. The normalized spacial score (nSPS) is 14.6. The van der Waals surface area contributed by atoms with Crippen LogP contribution >= 0.6 is 0 Å². The summed E-state index contributed by atoms with van der Waals surface area (Å²) in [7, 11) is 0. The Kier molecular flexibility index (Phi) is 6.50. The highest BCUT2D eigenvalue weighted by molar-refractivity contribution is 6.16. The van der Waals surface area contributed by atoms with Gasteiger partial charge in [-0.3, -0.25) is 0 Å². The van der Waals surface area contributed by atoms with Gasteiger partial charge in [0.25, 0.3) is 0 Å². The molecular formula is C43H29N3O. The Morgan fingerprint density at radius 3 is 1.89 bits per heavy atom. The van der Waals surface area contributed by atoms with Crippen molar-refractivity contribution in [2.24, 2.45) is 9.98 Å². The van der Waals surface area contributed by atoms with Crippen LogP contribution in [0.4, 0.5) is 0 Å². The highest BCUT2D eigenvalue weighted by Gasteiger charge is 2.21. The third-order valence-corrected chi connectivity index (χ3v) is 8.92. The van der Waals surface area contributed by atoms with Gasteiger partial charge in [-0.2, -0.15) is 0 Å². The maximum atomic E-state index is 6.37. The molecule has 222 valence electrons. The predicted molar refractivity (Wildman–Crippen MR) is 194 cm³/mol. The van der Waals surface area contributed by atoms with Gasteiger partial charge in [0.1, 0.15) is 23.2 Å². The average Bonchev–Trinajstić information content (AvgIpc) is 3.54. The average molecular weight is 604 g/mol. The lowest BCUT2D eigenvalue weighted by Gasteiger charge is -2.24. The van der Waals surface area contributed by atoms with Crippen LogP contribution in [0.2, 0.25) is 0 Å². The second-order valence-corrected chi connectivity index (χ2v) is 11.9. The van der Waals surface area contributed by atoms with E-state index in [4.69, 9.17) is 14.4 Å². The van der Waals surface area contributed by atoms with Crippen molar-refractivity contribution in [1.29, 1.82) is 0 Å². The van der Waals surface area contributed by atoms with Gasteiger partial charge in [-0.1, -0.05) is 133 Å². The topological polar surface area (TPSA) is 49.9 Å². The first-order chi connectivity index (χ1) is 23.3. The van der Waals surface area contributed by atoms with E-state index in [-0.39, 0.29) is 6.17 Å². The van der Waals surface area contributed by atoms with Gasteiger partial charge in [-0.05, 0) is 63.5 Å². The summed E-state index contributed by atoms with van der Waals surface area (Å²) in [6.45, 7) is 0. The highest BCUT2D eigenvalue weighted by atomic mass is 16.3. The molecule has 4 nitrogen and oxygen atoms in total. The number of nitrogens with one attached hydrogen (secondary N) is 1. The van der Waals surface area contributed by atoms with Crippen molar-refractivity contribution in [3.05, 3.63) is 180 Å². The molecular weight excluding hydrogens is 574 g/mol. The predicted octanol–water partition coefficient (Wildman–Crippen LogP) is 10.6.